The number of phenols is 1. The van der Waals surface area contributed by atoms with Gasteiger partial charge in [0, 0.05) is 12.0 Å². The van der Waals surface area contributed by atoms with Crippen molar-refractivity contribution in [1.82, 2.24) is 0 Å². The van der Waals surface area contributed by atoms with Gasteiger partial charge in [0.25, 0.3) is 0 Å². The lowest BCUT2D eigenvalue weighted by atomic mass is 10.0. The molecule has 0 amide bonds. The molecule has 0 fully saturated rings. The van der Waals surface area contributed by atoms with E-state index in [1.165, 1.54) is 13.8 Å². The first kappa shape index (κ1) is 36.3. The number of ketones is 2. The molecule has 2 N–H and O–H groups in total. The van der Waals surface area contributed by atoms with Crippen molar-refractivity contribution < 1.29 is 53.0 Å². The number of aliphatic carboxylic acids is 1. The van der Waals surface area contributed by atoms with Gasteiger partial charge >= 0.3 is 5.97 Å². The van der Waals surface area contributed by atoms with Gasteiger partial charge in [0.15, 0.2) is 11.6 Å². The number of carbonyl (C=O) groups excluding carboxylic acids is 2. The molecular formula is C35H44O11. The predicted molar refractivity (Wildman–Crippen MR) is 172 cm³/mol. The quantitative estimate of drug-likeness (QED) is 0.0978. The zero-order valence-electron chi connectivity index (χ0n) is 26.8. The zero-order chi connectivity index (χ0) is 33.3. The Labute approximate surface area is 269 Å². The van der Waals surface area contributed by atoms with Gasteiger partial charge < -0.3 is 38.6 Å². The highest BCUT2D eigenvalue weighted by Crippen LogP contribution is 2.33. The van der Waals surface area contributed by atoms with Gasteiger partial charge in [-0.05, 0) is 67.8 Å². The average molecular weight is 641 g/mol. The molecule has 3 aromatic rings. The van der Waals surface area contributed by atoms with Gasteiger partial charge in [-0.25, -0.2) is 0 Å². The highest BCUT2D eigenvalue weighted by atomic mass is 16.6. The fourth-order valence-corrected chi connectivity index (χ4v) is 4.76. The Balaban J connectivity index is 1.31. The van der Waals surface area contributed by atoms with E-state index in [1.54, 1.807) is 30.3 Å². The number of carbonyl (C=O) groups is 3. The molecule has 0 aliphatic heterocycles. The molecule has 0 saturated heterocycles. The number of benzene rings is 3. The summed E-state index contributed by atoms with van der Waals surface area (Å²) in [5, 5.41) is 20.8. The van der Waals surface area contributed by atoms with E-state index in [-0.39, 0.29) is 37.0 Å². The SMILES string of the molecule is CCCc1c(OCCOCCOCCOCCOc2ccc3ccc(OCCCC(=O)O)cc3c2C(C)=O)ccc(C(C)=O)c1O. The molecule has 3 rings (SSSR count). The van der Waals surface area contributed by atoms with Crippen LogP contribution in [0.5, 0.6) is 23.0 Å². The lowest BCUT2D eigenvalue weighted by Gasteiger charge is -2.15. The summed E-state index contributed by atoms with van der Waals surface area (Å²) in [4.78, 5) is 34.9. The lowest BCUT2D eigenvalue weighted by Crippen LogP contribution is -2.15. The lowest BCUT2D eigenvalue weighted by molar-refractivity contribution is -0.137. The molecule has 0 atom stereocenters. The van der Waals surface area contributed by atoms with Crippen molar-refractivity contribution >= 4 is 28.3 Å². The van der Waals surface area contributed by atoms with Crippen molar-refractivity contribution in [3.05, 3.63) is 59.2 Å². The number of Topliss-reactive ketones (excluding diaryl/α,β-unsaturated/α-hetero) is 2. The van der Waals surface area contributed by atoms with Crippen LogP contribution in [-0.4, -0.2) is 87.2 Å². The smallest absolute Gasteiger partial charge is 0.303 e. The fourth-order valence-electron chi connectivity index (χ4n) is 4.76. The number of ether oxygens (including phenoxy) is 6. The second kappa shape index (κ2) is 19.4. The van der Waals surface area contributed by atoms with Crippen LogP contribution in [0.3, 0.4) is 0 Å². The van der Waals surface area contributed by atoms with Gasteiger partial charge in [-0.3, -0.25) is 14.4 Å². The zero-order valence-corrected chi connectivity index (χ0v) is 26.8. The maximum atomic E-state index is 12.5. The molecule has 0 aliphatic rings. The van der Waals surface area contributed by atoms with Crippen molar-refractivity contribution in [2.24, 2.45) is 0 Å². The standard InChI is InChI=1S/C35H44O11/c1-4-6-29-31(13-11-28(24(2)36)35(29)40)45-21-19-42-17-15-41-16-18-43-20-22-46-32-12-9-26-8-10-27(44-14-5-7-33(38)39)23-30(26)34(32)25(3)37/h8-13,23,40H,4-7,14-22H2,1-3H3,(H,38,39). The summed E-state index contributed by atoms with van der Waals surface area (Å²) in [6, 6.07) is 12.3. The van der Waals surface area contributed by atoms with Crippen LogP contribution in [0.4, 0.5) is 0 Å². The van der Waals surface area contributed by atoms with Crippen molar-refractivity contribution in [1.29, 1.82) is 0 Å². The Morgan fingerprint density at radius 2 is 1.28 bits per heavy atom. The second-order valence-corrected chi connectivity index (χ2v) is 10.5. The summed E-state index contributed by atoms with van der Waals surface area (Å²) >= 11 is 0. The van der Waals surface area contributed by atoms with Gasteiger partial charge in [-0.15, -0.1) is 0 Å². The molecule has 250 valence electrons. The van der Waals surface area contributed by atoms with E-state index in [9.17, 15) is 19.5 Å². The van der Waals surface area contributed by atoms with E-state index < -0.39 is 5.97 Å². The number of fused-ring (bicyclic) bond motifs is 1. The summed E-state index contributed by atoms with van der Waals surface area (Å²) in [5.41, 5.74) is 1.38. The molecular weight excluding hydrogens is 596 g/mol. The van der Waals surface area contributed by atoms with Gasteiger partial charge in [-0.2, -0.15) is 0 Å². The number of aromatic hydroxyl groups is 1. The Morgan fingerprint density at radius 3 is 1.87 bits per heavy atom. The number of hydrogen-bond acceptors (Lipinski definition) is 10. The van der Waals surface area contributed by atoms with Crippen molar-refractivity contribution in [3.63, 3.8) is 0 Å². The van der Waals surface area contributed by atoms with E-state index >= 15 is 0 Å². The molecule has 3 aromatic carbocycles. The molecule has 0 spiro atoms. The monoisotopic (exact) mass is 640 g/mol. The molecule has 11 heteroatoms. The molecule has 0 heterocycles. The molecule has 0 bridgehead atoms. The summed E-state index contributed by atoms with van der Waals surface area (Å²) in [6.07, 6.45) is 1.82. The normalized spacial score (nSPS) is 11.0. The summed E-state index contributed by atoms with van der Waals surface area (Å²) in [6.45, 7) is 7.87. The highest BCUT2D eigenvalue weighted by molar-refractivity contribution is 6.09. The van der Waals surface area contributed by atoms with Crippen LogP contribution in [0.15, 0.2) is 42.5 Å². The first-order valence-corrected chi connectivity index (χ1v) is 15.5. The van der Waals surface area contributed by atoms with E-state index in [0.717, 1.165) is 11.8 Å². The molecule has 0 aromatic heterocycles. The van der Waals surface area contributed by atoms with Gasteiger partial charge in [0.1, 0.15) is 36.2 Å². The Kier molecular flexibility index (Phi) is 15.3. The topological polar surface area (TPSA) is 147 Å². The van der Waals surface area contributed by atoms with Gasteiger partial charge in [-0.1, -0.05) is 25.5 Å². The number of carboxylic acids is 1. The first-order chi connectivity index (χ1) is 22.2. The van der Waals surface area contributed by atoms with Crippen molar-refractivity contribution in [2.45, 2.75) is 46.5 Å². The molecule has 0 saturated carbocycles. The van der Waals surface area contributed by atoms with Crippen LogP contribution in [0, 0.1) is 0 Å². The summed E-state index contributed by atoms with van der Waals surface area (Å²) in [5.74, 6) is 0.337. The molecule has 0 aliphatic carbocycles. The summed E-state index contributed by atoms with van der Waals surface area (Å²) < 4.78 is 34.0. The number of hydrogen-bond donors (Lipinski definition) is 2. The molecule has 0 radical (unpaired) electrons. The average Bonchev–Trinajstić information content (AvgIpc) is 3.02. The maximum Gasteiger partial charge on any atom is 0.303 e. The minimum absolute atomic E-state index is 0.0159. The Hall–Kier alpha value is -4.19. The molecule has 46 heavy (non-hydrogen) atoms. The van der Waals surface area contributed by atoms with E-state index in [2.05, 4.69) is 0 Å². The van der Waals surface area contributed by atoms with Gasteiger partial charge in [0.2, 0.25) is 0 Å². The van der Waals surface area contributed by atoms with Gasteiger partial charge in [0.05, 0.1) is 57.4 Å². The Bertz CT molecular complexity index is 1450. The first-order valence-electron chi connectivity index (χ1n) is 15.5. The van der Waals surface area contributed by atoms with Crippen molar-refractivity contribution in [3.8, 4) is 23.0 Å². The third-order valence-electron chi connectivity index (χ3n) is 6.94. The molecule has 0 unspecified atom stereocenters. The predicted octanol–water partition coefficient (Wildman–Crippen LogP) is 5.65. The van der Waals surface area contributed by atoms with E-state index in [1.807, 2.05) is 19.1 Å². The number of carboxylic acid groups (broad SMARTS) is 1. The Morgan fingerprint density at radius 1 is 0.696 bits per heavy atom. The molecule has 11 nitrogen and oxygen atoms in total. The fraction of sp³-hybridized carbons (Fsp3) is 0.457. The van der Waals surface area contributed by atoms with Crippen LogP contribution in [0.2, 0.25) is 0 Å². The maximum absolute atomic E-state index is 12.5. The second-order valence-electron chi connectivity index (χ2n) is 10.5. The highest BCUT2D eigenvalue weighted by Gasteiger charge is 2.16. The van der Waals surface area contributed by atoms with Crippen LogP contribution < -0.4 is 14.2 Å². The minimum atomic E-state index is -0.872. The van der Waals surface area contributed by atoms with Crippen LogP contribution >= 0.6 is 0 Å². The van der Waals surface area contributed by atoms with E-state index in [0.29, 0.717) is 98.4 Å². The van der Waals surface area contributed by atoms with Crippen LogP contribution in [-0.2, 0) is 25.4 Å². The summed E-state index contributed by atoms with van der Waals surface area (Å²) in [7, 11) is 0. The number of phenolic OH excluding ortho intramolecular Hbond substituents is 1. The largest absolute Gasteiger partial charge is 0.507 e. The van der Waals surface area contributed by atoms with Crippen LogP contribution in [0.25, 0.3) is 10.8 Å². The van der Waals surface area contributed by atoms with Crippen LogP contribution in [0.1, 0.15) is 66.3 Å². The third-order valence-corrected chi connectivity index (χ3v) is 6.94. The minimum Gasteiger partial charge on any atom is -0.507 e. The third kappa shape index (κ3) is 11.3. The number of rotatable bonds is 23. The van der Waals surface area contributed by atoms with E-state index in [4.69, 9.17) is 33.5 Å². The van der Waals surface area contributed by atoms with Crippen molar-refractivity contribution in [2.75, 3.05) is 59.5 Å².